The Morgan fingerprint density at radius 1 is 1.45 bits per heavy atom. The highest BCUT2D eigenvalue weighted by atomic mass is 32.2. The van der Waals surface area contributed by atoms with Crippen LogP contribution in [0.5, 0.6) is 0 Å². The Labute approximate surface area is 126 Å². The fraction of sp³-hybridized carbons (Fsp3) is 0.714. The SMILES string of the molecule is CCS(=O)(=O)N(C)CC1CCN(Cc2ccc(C)s2)C1. The maximum absolute atomic E-state index is 11.8. The van der Waals surface area contributed by atoms with E-state index in [1.54, 1.807) is 14.0 Å². The molecule has 2 rings (SSSR count). The van der Waals surface area contributed by atoms with E-state index in [2.05, 4.69) is 24.0 Å². The molecule has 20 heavy (non-hydrogen) atoms. The molecule has 1 aromatic heterocycles. The van der Waals surface area contributed by atoms with Crippen LogP contribution in [0.25, 0.3) is 0 Å². The van der Waals surface area contributed by atoms with Crippen molar-refractivity contribution in [2.45, 2.75) is 26.8 Å². The molecule has 1 atom stereocenters. The molecule has 2 heterocycles. The molecule has 6 heteroatoms. The van der Waals surface area contributed by atoms with Crippen molar-refractivity contribution in [1.29, 1.82) is 0 Å². The van der Waals surface area contributed by atoms with Crippen LogP contribution in [-0.4, -0.2) is 50.1 Å². The number of nitrogens with zero attached hydrogens (tertiary/aromatic N) is 2. The topological polar surface area (TPSA) is 40.6 Å². The normalized spacial score (nSPS) is 20.9. The number of likely N-dealkylation sites (tertiary alicyclic amines) is 1. The minimum absolute atomic E-state index is 0.189. The molecule has 0 aromatic carbocycles. The van der Waals surface area contributed by atoms with Gasteiger partial charge in [0.25, 0.3) is 0 Å². The maximum Gasteiger partial charge on any atom is 0.213 e. The Balaban J connectivity index is 1.83. The van der Waals surface area contributed by atoms with Crippen molar-refractivity contribution in [2.24, 2.45) is 5.92 Å². The summed E-state index contributed by atoms with van der Waals surface area (Å²) >= 11 is 1.85. The molecule has 0 N–H and O–H groups in total. The van der Waals surface area contributed by atoms with Crippen molar-refractivity contribution in [1.82, 2.24) is 9.21 Å². The van der Waals surface area contributed by atoms with Crippen LogP contribution < -0.4 is 0 Å². The molecular weight excluding hydrogens is 292 g/mol. The summed E-state index contributed by atoms with van der Waals surface area (Å²) in [6.07, 6.45) is 1.09. The summed E-state index contributed by atoms with van der Waals surface area (Å²) in [5.41, 5.74) is 0. The van der Waals surface area contributed by atoms with Crippen molar-refractivity contribution in [3.05, 3.63) is 21.9 Å². The molecule has 0 amide bonds. The number of hydrogen-bond donors (Lipinski definition) is 0. The average molecular weight is 316 g/mol. The fourth-order valence-electron chi connectivity index (χ4n) is 2.69. The molecule has 4 nitrogen and oxygen atoms in total. The van der Waals surface area contributed by atoms with Gasteiger partial charge < -0.3 is 0 Å². The molecule has 1 aliphatic rings. The van der Waals surface area contributed by atoms with E-state index in [1.165, 1.54) is 14.1 Å². The highest BCUT2D eigenvalue weighted by Crippen LogP contribution is 2.23. The molecule has 0 aliphatic carbocycles. The van der Waals surface area contributed by atoms with Gasteiger partial charge in [0.05, 0.1) is 5.75 Å². The largest absolute Gasteiger partial charge is 0.298 e. The van der Waals surface area contributed by atoms with Gasteiger partial charge in [0.15, 0.2) is 0 Å². The molecular formula is C14H24N2O2S2. The van der Waals surface area contributed by atoms with Crippen molar-refractivity contribution >= 4 is 21.4 Å². The second kappa shape index (κ2) is 6.56. The molecule has 0 spiro atoms. The standard InChI is InChI=1S/C14H24N2O2S2/c1-4-20(17,18)15(3)9-13-7-8-16(10-13)11-14-6-5-12(2)19-14/h5-6,13H,4,7-11H2,1-3H3. The van der Waals surface area contributed by atoms with Gasteiger partial charge in [-0.25, -0.2) is 12.7 Å². The van der Waals surface area contributed by atoms with Crippen molar-refractivity contribution in [2.75, 3.05) is 32.4 Å². The first kappa shape index (κ1) is 15.9. The Kier molecular flexibility index (Phi) is 5.23. The minimum atomic E-state index is -3.04. The van der Waals surface area contributed by atoms with Crippen LogP contribution in [0.4, 0.5) is 0 Å². The fourth-order valence-corrected chi connectivity index (χ4v) is 4.51. The second-order valence-corrected chi connectivity index (χ2v) is 9.32. The van der Waals surface area contributed by atoms with Crippen molar-refractivity contribution in [3.63, 3.8) is 0 Å². The summed E-state index contributed by atoms with van der Waals surface area (Å²) in [4.78, 5) is 5.18. The second-order valence-electron chi connectivity index (χ2n) is 5.58. The van der Waals surface area contributed by atoms with Gasteiger partial charge in [-0.05, 0) is 44.9 Å². The number of thiophene rings is 1. The van der Waals surface area contributed by atoms with Crippen LogP contribution in [0.1, 0.15) is 23.1 Å². The zero-order valence-corrected chi connectivity index (χ0v) is 14.1. The molecule has 1 fully saturated rings. The summed E-state index contributed by atoms with van der Waals surface area (Å²) in [6.45, 7) is 7.55. The summed E-state index contributed by atoms with van der Waals surface area (Å²) in [5, 5.41) is 0. The number of aryl methyl sites for hydroxylation is 1. The lowest BCUT2D eigenvalue weighted by Crippen LogP contribution is -2.34. The van der Waals surface area contributed by atoms with E-state index in [0.29, 0.717) is 12.5 Å². The highest BCUT2D eigenvalue weighted by Gasteiger charge is 2.26. The van der Waals surface area contributed by atoms with Crippen LogP contribution in [0.15, 0.2) is 12.1 Å². The van der Waals surface area contributed by atoms with Gasteiger partial charge >= 0.3 is 0 Å². The summed E-state index contributed by atoms with van der Waals surface area (Å²) in [5.74, 6) is 0.649. The third-order valence-electron chi connectivity index (χ3n) is 3.90. The molecule has 1 unspecified atom stereocenters. The smallest absolute Gasteiger partial charge is 0.213 e. The lowest BCUT2D eigenvalue weighted by Gasteiger charge is -2.20. The van der Waals surface area contributed by atoms with E-state index >= 15 is 0 Å². The lowest BCUT2D eigenvalue weighted by atomic mass is 10.1. The first-order chi connectivity index (χ1) is 9.40. The van der Waals surface area contributed by atoms with E-state index in [-0.39, 0.29) is 5.75 Å². The van der Waals surface area contributed by atoms with Crippen LogP contribution >= 0.6 is 11.3 Å². The molecule has 1 aromatic rings. The average Bonchev–Trinajstić information content (AvgIpc) is 2.99. The predicted octanol–water partition coefficient (Wildman–Crippen LogP) is 2.16. The highest BCUT2D eigenvalue weighted by molar-refractivity contribution is 7.89. The van der Waals surface area contributed by atoms with Gasteiger partial charge in [0.1, 0.15) is 0 Å². The monoisotopic (exact) mass is 316 g/mol. The van der Waals surface area contributed by atoms with Gasteiger partial charge in [0, 0.05) is 36.4 Å². The summed E-state index contributed by atoms with van der Waals surface area (Å²) in [7, 11) is -1.34. The van der Waals surface area contributed by atoms with Crippen LogP contribution in [0, 0.1) is 12.8 Å². The van der Waals surface area contributed by atoms with Gasteiger partial charge in [0.2, 0.25) is 10.0 Å². The van der Waals surface area contributed by atoms with Gasteiger partial charge in [-0.2, -0.15) is 0 Å². The molecule has 0 bridgehead atoms. The molecule has 1 aliphatic heterocycles. The summed E-state index contributed by atoms with van der Waals surface area (Å²) < 4.78 is 25.1. The van der Waals surface area contributed by atoms with E-state index in [0.717, 1.165) is 26.1 Å². The zero-order chi connectivity index (χ0) is 14.8. The third kappa shape index (κ3) is 4.04. The lowest BCUT2D eigenvalue weighted by molar-refractivity contribution is 0.306. The van der Waals surface area contributed by atoms with Crippen LogP contribution in [0.3, 0.4) is 0 Å². The van der Waals surface area contributed by atoms with E-state index in [4.69, 9.17) is 0 Å². The van der Waals surface area contributed by atoms with E-state index in [9.17, 15) is 8.42 Å². The molecule has 1 saturated heterocycles. The molecule has 0 radical (unpaired) electrons. The predicted molar refractivity (Wildman–Crippen MR) is 84.5 cm³/mol. The zero-order valence-electron chi connectivity index (χ0n) is 12.5. The van der Waals surface area contributed by atoms with E-state index in [1.807, 2.05) is 11.3 Å². The molecule has 0 saturated carbocycles. The van der Waals surface area contributed by atoms with Gasteiger partial charge in [-0.15, -0.1) is 11.3 Å². The first-order valence-electron chi connectivity index (χ1n) is 7.12. The Bertz CT molecular complexity index is 539. The Morgan fingerprint density at radius 2 is 2.20 bits per heavy atom. The Morgan fingerprint density at radius 3 is 2.80 bits per heavy atom. The Hall–Kier alpha value is -0.430. The van der Waals surface area contributed by atoms with Gasteiger partial charge in [-0.1, -0.05) is 0 Å². The van der Waals surface area contributed by atoms with Crippen molar-refractivity contribution < 1.29 is 8.42 Å². The third-order valence-corrected chi connectivity index (χ3v) is 6.71. The summed E-state index contributed by atoms with van der Waals surface area (Å²) in [6, 6.07) is 4.36. The number of hydrogen-bond acceptors (Lipinski definition) is 4. The maximum atomic E-state index is 11.8. The first-order valence-corrected chi connectivity index (χ1v) is 9.55. The van der Waals surface area contributed by atoms with Crippen LogP contribution in [0.2, 0.25) is 0 Å². The number of sulfonamides is 1. The minimum Gasteiger partial charge on any atom is -0.298 e. The molecule has 114 valence electrons. The van der Waals surface area contributed by atoms with Crippen molar-refractivity contribution in [3.8, 4) is 0 Å². The van der Waals surface area contributed by atoms with Gasteiger partial charge in [-0.3, -0.25) is 4.90 Å². The van der Waals surface area contributed by atoms with Crippen LogP contribution in [-0.2, 0) is 16.6 Å². The van der Waals surface area contributed by atoms with E-state index < -0.39 is 10.0 Å². The quantitative estimate of drug-likeness (QED) is 0.807. The number of rotatable bonds is 6.